The van der Waals surface area contributed by atoms with E-state index in [9.17, 15) is 4.79 Å². The highest BCUT2D eigenvalue weighted by molar-refractivity contribution is 5.79. The molecule has 0 aliphatic carbocycles. The lowest BCUT2D eigenvalue weighted by Gasteiger charge is -2.52. The number of para-hydroxylation sites is 2. The maximum Gasteiger partial charge on any atom is 0.227 e. The number of ether oxygens (including phenoxy) is 1. The Kier molecular flexibility index (Phi) is 5.95. The van der Waals surface area contributed by atoms with Gasteiger partial charge in [-0.1, -0.05) is 48.5 Å². The van der Waals surface area contributed by atoms with Crippen LogP contribution in [0.3, 0.4) is 0 Å². The minimum atomic E-state index is 0.127. The predicted octanol–water partition coefficient (Wildman–Crippen LogP) is 4.31. The van der Waals surface area contributed by atoms with Gasteiger partial charge in [0.25, 0.3) is 0 Å². The molecular weight excluding hydrogens is 410 g/mol. The van der Waals surface area contributed by atoms with Crippen LogP contribution in [0.4, 0.5) is 11.4 Å². The molecule has 2 saturated heterocycles. The smallest absolute Gasteiger partial charge is 0.227 e. The number of likely N-dealkylation sites (tertiary alicyclic amines) is 1. The van der Waals surface area contributed by atoms with Gasteiger partial charge < -0.3 is 19.9 Å². The summed E-state index contributed by atoms with van der Waals surface area (Å²) in [5, 5.41) is 3.62. The van der Waals surface area contributed by atoms with Gasteiger partial charge in [0.1, 0.15) is 5.75 Å². The van der Waals surface area contributed by atoms with Gasteiger partial charge in [0.15, 0.2) is 0 Å². The van der Waals surface area contributed by atoms with E-state index in [-0.39, 0.29) is 11.3 Å². The van der Waals surface area contributed by atoms with Crippen LogP contribution in [0.5, 0.6) is 5.75 Å². The fourth-order valence-corrected chi connectivity index (χ4v) is 5.26. The van der Waals surface area contributed by atoms with E-state index >= 15 is 0 Å². The monoisotopic (exact) mass is 441 g/mol. The lowest BCUT2D eigenvalue weighted by atomic mass is 9.71. The van der Waals surface area contributed by atoms with Gasteiger partial charge in [0.2, 0.25) is 5.91 Å². The summed E-state index contributed by atoms with van der Waals surface area (Å²) in [6, 6.07) is 28.7. The maximum absolute atomic E-state index is 13.3. The number of benzene rings is 3. The SMILES string of the molecule is COc1cccc(CC(=O)N2CC(CNc3ccccc3)C3(C2)CN(c2ccccc2)C3)c1. The Morgan fingerprint density at radius 2 is 1.70 bits per heavy atom. The topological polar surface area (TPSA) is 44.8 Å². The van der Waals surface area contributed by atoms with Crippen molar-refractivity contribution in [1.82, 2.24) is 4.90 Å². The Labute approximate surface area is 196 Å². The number of carbonyl (C=O) groups is 1. The molecule has 2 aliphatic heterocycles. The third-order valence-corrected chi connectivity index (χ3v) is 7.11. The number of hydrogen-bond donors (Lipinski definition) is 1. The van der Waals surface area contributed by atoms with Crippen molar-refractivity contribution in [2.24, 2.45) is 11.3 Å². The molecule has 5 nitrogen and oxygen atoms in total. The summed E-state index contributed by atoms with van der Waals surface area (Å²) in [6.45, 7) is 4.46. The van der Waals surface area contributed by atoms with Gasteiger partial charge in [-0.2, -0.15) is 0 Å². The third kappa shape index (κ3) is 4.54. The molecule has 33 heavy (non-hydrogen) atoms. The van der Waals surface area contributed by atoms with E-state index in [1.807, 2.05) is 30.3 Å². The Morgan fingerprint density at radius 3 is 2.42 bits per heavy atom. The second-order valence-electron chi connectivity index (χ2n) is 9.30. The van der Waals surface area contributed by atoms with E-state index in [0.717, 1.165) is 49.7 Å². The molecule has 1 atom stereocenters. The van der Waals surface area contributed by atoms with Crippen LogP contribution in [0.15, 0.2) is 84.9 Å². The Bertz CT molecular complexity index is 1080. The number of rotatable bonds is 7. The predicted molar refractivity (Wildman–Crippen MR) is 133 cm³/mol. The van der Waals surface area contributed by atoms with Gasteiger partial charge >= 0.3 is 0 Å². The van der Waals surface area contributed by atoms with E-state index in [1.54, 1.807) is 7.11 Å². The zero-order valence-electron chi connectivity index (χ0n) is 19.1. The normalized spacial score (nSPS) is 18.8. The molecular formula is C28H31N3O2. The van der Waals surface area contributed by atoms with Crippen molar-refractivity contribution in [2.75, 3.05) is 50.1 Å². The van der Waals surface area contributed by atoms with Gasteiger partial charge in [-0.05, 0) is 42.0 Å². The second-order valence-corrected chi connectivity index (χ2v) is 9.30. The third-order valence-electron chi connectivity index (χ3n) is 7.11. The molecule has 0 radical (unpaired) electrons. The van der Waals surface area contributed by atoms with E-state index in [2.05, 4.69) is 69.7 Å². The lowest BCUT2D eigenvalue weighted by Crippen LogP contribution is -2.61. The molecule has 0 bridgehead atoms. The number of carbonyl (C=O) groups excluding carboxylic acids is 1. The minimum Gasteiger partial charge on any atom is -0.497 e. The van der Waals surface area contributed by atoms with Crippen LogP contribution in [0.2, 0.25) is 0 Å². The van der Waals surface area contributed by atoms with Crippen molar-refractivity contribution in [1.29, 1.82) is 0 Å². The largest absolute Gasteiger partial charge is 0.497 e. The summed E-state index contributed by atoms with van der Waals surface area (Å²) in [6.07, 6.45) is 0.411. The Hall–Kier alpha value is -3.47. The van der Waals surface area contributed by atoms with E-state index in [1.165, 1.54) is 5.69 Å². The summed E-state index contributed by atoms with van der Waals surface area (Å²) in [7, 11) is 1.66. The van der Waals surface area contributed by atoms with E-state index < -0.39 is 0 Å². The Morgan fingerprint density at radius 1 is 0.970 bits per heavy atom. The van der Waals surface area contributed by atoms with Crippen LogP contribution in [-0.2, 0) is 11.2 Å². The number of anilines is 2. The van der Waals surface area contributed by atoms with Crippen LogP contribution in [0.1, 0.15) is 5.56 Å². The second kappa shape index (κ2) is 9.18. The average Bonchev–Trinajstić information content (AvgIpc) is 3.23. The minimum absolute atomic E-state index is 0.127. The molecule has 2 fully saturated rings. The van der Waals surface area contributed by atoms with Gasteiger partial charge in [-0.15, -0.1) is 0 Å². The first kappa shape index (κ1) is 21.4. The van der Waals surface area contributed by atoms with Crippen molar-refractivity contribution in [3.63, 3.8) is 0 Å². The molecule has 1 spiro atoms. The van der Waals surface area contributed by atoms with Crippen LogP contribution in [0.25, 0.3) is 0 Å². The Balaban J connectivity index is 1.29. The van der Waals surface area contributed by atoms with Gasteiger partial charge in [0, 0.05) is 55.4 Å². The van der Waals surface area contributed by atoms with Crippen molar-refractivity contribution < 1.29 is 9.53 Å². The quantitative estimate of drug-likeness (QED) is 0.593. The van der Waals surface area contributed by atoms with E-state index in [4.69, 9.17) is 4.74 Å². The molecule has 170 valence electrons. The molecule has 5 rings (SSSR count). The highest BCUT2D eigenvalue weighted by Crippen LogP contribution is 2.45. The summed E-state index contributed by atoms with van der Waals surface area (Å²) in [5.74, 6) is 1.40. The van der Waals surface area contributed by atoms with Gasteiger partial charge in [0.05, 0.1) is 13.5 Å². The van der Waals surface area contributed by atoms with Crippen LogP contribution < -0.4 is 15.0 Å². The fourth-order valence-electron chi connectivity index (χ4n) is 5.26. The molecule has 0 aromatic heterocycles. The number of hydrogen-bond acceptors (Lipinski definition) is 4. The molecule has 1 unspecified atom stereocenters. The average molecular weight is 442 g/mol. The molecule has 5 heteroatoms. The zero-order chi connectivity index (χ0) is 22.7. The first-order chi connectivity index (χ1) is 16.1. The van der Waals surface area contributed by atoms with Crippen molar-refractivity contribution >= 4 is 17.3 Å². The number of nitrogens with one attached hydrogen (secondary N) is 1. The highest BCUT2D eigenvalue weighted by Gasteiger charge is 2.54. The molecule has 1 N–H and O–H groups in total. The summed E-state index contributed by atoms with van der Waals surface area (Å²) >= 11 is 0. The fraction of sp³-hybridized carbons (Fsp3) is 0.321. The van der Waals surface area contributed by atoms with Crippen molar-refractivity contribution in [3.05, 3.63) is 90.5 Å². The highest BCUT2D eigenvalue weighted by atomic mass is 16.5. The first-order valence-electron chi connectivity index (χ1n) is 11.6. The first-order valence-corrected chi connectivity index (χ1v) is 11.6. The van der Waals surface area contributed by atoms with Gasteiger partial charge in [-0.3, -0.25) is 4.79 Å². The summed E-state index contributed by atoms with van der Waals surface area (Å²) in [4.78, 5) is 17.8. The summed E-state index contributed by atoms with van der Waals surface area (Å²) in [5.41, 5.74) is 3.52. The lowest BCUT2D eigenvalue weighted by molar-refractivity contribution is -0.129. The standard InChI is InChI=1S/C28H31N3O2/c1-33-26-14-8-9-22(15-26)16-27(32)30-18-23(17-29-24-10-4-2-5-11-24)28(19-30)20-31(21-28)25-12-6-3-7-13-25/h2-15,23,29H,16-21H2,1H3. The number of methoxy groups -OCH3 is 1. The molecule has 3 aromatic carbocycles. The molecule has 1 amide bonds. The van der Waals surface area contributed by atoms with E-state index in [0.29, 0.717) is 12.3 Å². The van der Waals surface area contributed by atoms with Crippen molar-refractivity contribution in [3.8, 4) is 5.75 Å². The molecule has 2 aliphatic rings. The van der Waals surface area contributed by atoms with Crippen LogP contribution in [-0.4, -0.2) is 50.6 Å². The van der Waals surface area contributed by atoms with Gasteiger partial charge in [-0.25, -0.2) is 0 Å². The zero-order valence-corrected chi connectivity index (χ0v) is 19.1. The molecule has 0 saturated carbocycles. The summed E-state index contributed by atoms with van der Waals surface area (Å²) < 4.78 is 5.33. The maximum atomic E-state index is 13.3. The number of nitrogens with zero attached hydrogens (tertiary/aromatic N) is 2. The van der Waals surface area contributed by atoms with Crippen LogP contribution in [0, 0.1) is 11.3 Å². The molecule has 3 aromatic rings. The van der Waals surface area contributed by atoms with Crippen LogP contribution >= 0.6 is 0 Å². The molecule has 2 heterocycles. The van der Waals surface area contributed by atoms with Crippen molar-refractivity contribution in [2.45, 2.75) is 6.42 Å². The number of amides is 1.